The lowest BCUT2D eigenvalue weighted by molar-refractivity contribution is -0.143. The third-order valence-electron chi connectivity index (χ3n) is 10.3. The minimum absolute atomic E-state index is 0.0414. The first-order valence-electron chi connectivity index (χ1n) is 16.6. The van der Waals surface area contributed by atoms with E-state index in [0.717, 1.165) is 42.6 Å². The van der Waals surface area contributed by atoms with Crippen molar-refractivity contribution in [2.24, 2.45) is 5.92 Å². The summed E-state index contributed by atoms with van der Waals surface area (Å²) < 4.78 is 41.2. The molecule has 0 aliphatic carbocycles. The molecule has 0 spiro atoms. The number of piperidine rings is 2. The lowest BCUT2D eigenvalue weighted by Crippen LogP contribution is -2.55. The van der Waals surface area contributed by atoms with Crippen LogP contribution in [0, 0.1) is 5.92 Å². The molecule has 6 rings (SSSR count). The third kappa shape index (κ3) is 7.71. The highest BCUT2D eigenvalue weighted by atomic mass is 35.5. The quantitative estimate of drug-likeness (QED) is 0.422. The number of anilines is 1. The standard InChI is InChI=1S/C33H42ClF3N6O4S/c1-39-7-2-24(3-8-39)40-11-13-42(14-12-40)31(46)23(16-21-17-26(33(35,36)37)29(45)27(34)18-21)19-28(44)41-9-4-25(5-10-41)43-20-22-6-15-48-30(22)38-32(43)47/h6,15,17-18,23-25,45H,2-5,7-14,16,19-20H2,1H3,(H,38,47)/t23-/m0/s1. The number of urea groups is 1. The fraction of sp³-hybridized carbons (Fsp3) is 0.606. The molecule has 5 heterocycles. The van der Waals surface area contributed by atoms with Crippen molar-refractivity contribution in [1.29, 1.82) is 0 Å². The van der Waals surface area contributed by atoms with Crippen molar-refractivity contribution < 1.29 is 32.7 Å². The van der Waals surface area contributed by atoms with Gasteiger partial charge in [0.15, 0.2) is 0 Å². The molecular formula is C33H42ClF3N6O4S. The number of alkyl halides is 3. The summed E-state index contributed by atoms with van der Waals surface area (Å²) >= 11 is 7.50. The number of aromatic hydroxyl groups is 1. The van der Waals surface area contributed by atoms with E-state index in [2.05, 4.69) is 22.2 Å². The summed E-state index contributed by atoms with van der Waals surface area (Å²) in [7, 11) is 2.11. The van der Waals surface area contributed by atoms with Gasteiger partial charge in [-0.2, -0.15) is 13.2 Å². The zero-order valence-electron chi connectivity index (χ0n) is 27.0. The molecule has 4 aliphatic rings. The number of benzene rings is 1. The maximum absolute atomic E-state index is 14.0. The molecule has 48 heavy (non-hydrogen) atoms. The Bertz CT molecular complexity index is 1500. The number of hydrogen-bond donors (Lipinski definition) is 2. The van der Waals surface area contributed by atoms with E-state index < -0.39 is 28.4 Å². The molecule has 1 aromatic heterocycles. The zero-order valence-corrected chi connectivity index (χ0v) is 28.5. The van der Waals surface area contributed by atoms with E-state index >= 15 is 0 Å². The van der Waals surface area contributed by atoms with Crippen molar-refractivity contribution in [1.82, 2.24) is 24.5 Å². The Morgan fingerprint density at radius 3 is 2.33 bits per heavy atom. The maximum Gasteiger partial charge on any atom is 0.420 e. The number of nitrogens with one attached hydrogen (secondary N) is 1. The Morgan fingerprint density at radius 1 is 1.00 bits per heavy atom. The largest absolute Gasteiger partial charge is 0.506 e. The van der Waals surface area contributed by atoms with Crippen LogP contribution in [0.2, 0.25) is 5.02 Å². The maximum atomic E-state index is 14.0. The predicted molar refractivity (Wildman–Crippen MR) is 177 cm³/mol. The smallest absolute Gasteiger partial charge is 0.420 e. The van der Waals surface area contributed by atoms with Crippen molar-refractivity contribution in [3.8, 4) is 5.75 Å². The Morgan fingerprint density at radius 2 is 1.67 bits per heavy atom. The average Bonchev–Trinajstić information content (AvgIpc) is 3.52. The lowest BCUT2D eigenvalue weighted by Gasteiger charge is -2.43. The number of carbonyl (C=O) groups is 3. The number of phenols is 1. The minimum atomic E-state index is -4.84. The van der Waals surface area contributed by atoms with Gasteiger partial charge in [0.25, 0.3) is 0 Å². The van der Waals surface area contributed by atoms with Crippen LogP contribution in [-0.2, 0) is 28.7 Å². The highest BCUT2D eigenvalue weighted by molar-refractivity contribution is 7.14. The van der Waals surface area contributed by atoms with Gasteiger partial charge in [-0.05, 0) is 81.4 Å². The normalized spacial score (nSPS) is 21.3. The monoisotopic (exact) mass is 710 g/mol. The Labute approximate surface area is 287 Å². The van der Waals surface area contributed by atoms with Gasteiger partial charge in [-0.3, -0.25) is 19.8 Å². The van der Waals surface area contributed by atoms with Crippen molar-refractivity contribution in [2.45, 2.75) is 63.3 Å². The third-order valence-corrected chi connectivity index (χ3v) is 11.5. The molecule has 0 radical (unpaired) electrons. The summed E-state index contributed by atoms with van der Waals surface area (Å²) in [6.07, 6.45) is -1.84. The van der Waals surface area contributed by atoms with Crippen molar-refractivity contribution >= 4 is 45.8 Å². The number of fused-ring (bicyclic) bond motifs is 1. The fourth-order valence-corrected chi connectivity index (χ4v) is 8.54. The zero-order chi connectivity index (χ0) is 34.2. The van der Waals surface area contributed by atoms with Gasteiger partial charge in [0.05, 0.1) is 23.0 Å². The van der Waals surface area contributed by atoms with Crippen LogP contribution in [0.1, 0.15) is 48.8 Å². The molecular weight excluding hydrogens is 669 g/mol. The highest BCUT2D eigenvalue weighted by Gasteiger charge is 2.38. The molecule has 0 bridgehead atoms. The SMILES string of the molecule is CN1CCC(N2CCN(C(=O)[C@H](CC(=O)N3CCC(N4Cc5ccsc5NC4=O)CC3)Cc3cc(Cl)c(O)c(C(F)(F)F)c3)CC2)CC1. The first-order valence-corrected chi connectivity index (χ1v) is 17.8. The van der Waals surface area contributed by atoms with E-state index in [1.807, 2.05) is 11.4 Å². The second-order valence-corrected chi connectivity index (χ2v) is 14.7. The van der Waals surface area contributed by atoms with Gasteiger partial charge >= 0.3 is 12.2 Å². The van der Waals surface area contributed by atoms with Crippen LogP contribution in [0.4, 0.5) is 23.0 Å². The molecule has 3 fully saturated rings. The van der Waals surface area contributed by atoms with Crippen molar-refractivity contribution in [3.63, 3.8) is 0 Å². The highest BCUT2D eigenvalue weighted by Crippen LogP contribution is 2.41. The molecule has 1 aromatic carbocycles. The number of hydrogen-bond acceptors (Lipinski definition) is 7. The van der Waals surface area contributed by atoms with E-state index in [4.69, 9.17) is 11.6 Å². The van der Waals surface area contributed by atoms with Gasteiger partial charge in [-0.15, -0.1) is 11.3 Å². The number of halogens is 4. The van der Waals surface area contributed by atoms with Crippen molar-refractivity contribution in [2.75, 3.05) is 64.7 Å². The van der Waals surface area contributed by atoms with Crippen LogP contribution < -0.4 is 5.32 Å². The summed E-state index contributed by atoms with van der Waals surface area (Å²) in [5, 5.41) is 15.3. The summed E-state index contributed by atoms with van der Waals surface area (Å²) in [6, 6.07) is 4.32. The first kappa shape index (κ1) is 34.8. The summed E-state index contributed by atoms with van der Waals surface area (Å²) in [6.45, 7) is 5.75. The van der Waals surface area contributed by atoms with E-state index in [1.54, 1.807) is 14.7 Å². The molecule has 2 aromatic rings. The van der Waals surface area contributed by atoms with E-state index in [0.29, 0.717) is 64.7 Å². The second-order valence-electron chi connectivity index (χ2n) is 13.4. The molecule has 15 heteroatoms. The molecule has 262 valence electrons. The van der Waals surface area contributed by atoms with Crippen LogP contribution >= 0.6 is 22.9 Å². The Kier molecular flexibility index (Phi) is 10.4. The number of nitrogens with zero attached hydrogens (tertiary/aromatic N) is 5. The Hall–Kier alpha value is -3.07. The summed E-state index contributed by atoms with van der Waals surface area (Å²) in [4.78, 5) is 50.5. The summed E-state index contributed by atoms with van der Waals surface area (Å²) in [5.41, 5.74) is -0.0776. The molecule has 1 atom stereocenters. The number of carbonyl (C=O) groups excluding carboxylic acids is 3. The Balaban J connectivity index is 1.13. The van der Waals surface area contributed by atoms with Gasteiger partial charge in [-0.1, -0.05) is 11.6 Å². The van der Waals surface area contributed by atoms with Gasteiger partial charge in [0, 0.05) is 63.3 Å². The van der Waals surface area contributed by atoms with Gasteiger partial charge < -0.3 is 24.7 Å². The van der Waals surface area contributed by atoms with Gasteiger partial charge in [-0.25, -0.2) is 4.79 Å². The van der Waals surface area contributed by atoms with E-state index in [1.165, 1.54) is 17.4 Å². The molecule has 10 nitrogen and oxygen atoms in total. The number of piperazine rings is 1. The number of phenolic OH excluding ortho intramolecular Hbond substituents is 1. The van der Waals surface area contributed by atoms with Crippen LogP contribution in [0.25, 0.3) is 0 Å². The number of thiophene rings is 1. The average molecular weight is 711 g/mol. The molecule has 0 saturated carbocycles. The topological polar surface area (TPSA) is 99.7 Å². The van der Waals surface area contributed by atoms with Crippen molar-refractivity contribution in [3.05, 3.63) is 45.3 Å². The number of amides is 4. The predicted octanol–water partition coefficient (Wildman–Crippen LogP) is 4.95. The second kappa shape index (κ2) is 14.4. The van der Waals surface area contributed by atoms with E-state index in [-0.39, 0.29) is 42.3 Å². The number of rotatable bonds is 7. The molecule has 3 saturated heterocycles. The minimum Gasteiger partial charge on any atom is -0.506 e. The fourth-order valence-electron chi connectivity index (χ4n) is 7.50. The van der Waals surface area contributed by atoms with Gasteiger partial charge in [0.1, 0.15) is 10.8 Å². The molecule has 0 unspecified atom stereocenters. The van der Waals surface area contributed by atoms with Gasteiger partial charge in [0.2, 0.25) is 11.8 Å². The number of likely N-dealkylation sites (tertiary alicyclic amines) is 2. The summed E-state index contributed by atoms with van der Waals surface area (Å²) in [5.74, 6) is -2.48. The van der Waals surface area contributed by atoms with Crippen LogP contribution in [0.3, 0.4) is 0 Å². The van der Waals surface area contributed by atoms with E-state index in [9.17, 15) is 32.7 Å². The molecule has 4 aliphatic heterocycles. The van der Waals surface area contributed by atoms with Crippen LogP contribution in [-0.4, -0.2) is 119 Å². The molecule has 2 N–H and O–H groups in total. The lowest BCUT2D eigenvalue weighted by atomic mass is 9.92. The van der Waals surface area contributed by atoms with Crippen LogP contribution in [0.5, 0.6) is 5.75 Å². The molecule has 4 amide bonds. The first-order chi connectivity index (χ1) is 22.9. The van der Waals surface area contributed by atoms with Crippen LogP contribution in [0.15, 0.2) is 23.6 Å².